The predicted molar refractivity (Wildman–Crippen MR) is 316 cm³/mol. The average Bonchev–Trinajstić information content (AvgIpc) is 3.33. The second kappa shape index (κ2) is 25.1. The van der Waals surface area contributed by atoms with Crippen LogP contribution in [-0.4, -0.2) is 53.3 Å². The molecule has 2 N–H and O–H groups in total. The minimum absolute atomic E-state index is 0.155. The van der Waals surface area contributed by atoms with E-state index in [0.717, 1.165) is 81.7 Å². The van der Waals surface area contributed by atoms with Gasteiger partial charge in [0.1, 0.15) is 0 Å². The normalized spacial score (nSPS) is 13.2. The zero-order valence-electron chi connectivity index (χ0n) is 47.2. The number of hydrogen-bond donors (Lipinski definition) is 2. The van der Waals surface area contributed by atoms with E-state index in [9.17, 15) is 10.2 Å². The third kappa shape index (κ3) is 15.8. The summed E-state index contributed by atoms with van der Waals surface area (Å²) in [6.45, 7) is 28.5. The van der Waals surface area contributed by atoms with Crippen LogP contribution in [0.3, 0.4) is 0 Å². The molecule has 8 bridgehead atoms. The fraction of sp³-hybridized carbons (Fsp3) is 0.471. The molecule has 0 radical (unpaired) electrons. The van der Waals surface area contributed by atoms with E-state index in [4.69, 9.17) is 9.47 Å². The average molecular weight is 1130 g/mol. The van der Waals surface area contributed by atoms with Gasteiger partial charge in [0.2, 0.25) is 0 Å². The van der Waals surface area contributed by atoms with Crippen LogP contribution in [0.25, 0.3) is 0 Å². The monoisotopic (exact) mass is 1130 g/mol. The van der Waals surface area contributed by atoms with Crippen molar-refractivity contribution in [1.82, 2.24) is 0 Å². The first kappa shape index (κ1) is 57.3. The van der Waals surface area contributed by atoms with E-state index in [1.54, 1.807) is 0 Å². The topological polar surface area (TPSA) is 58.9 Å². The van der Waals surface area contributed by atoms with E-state index in [-0.39, 0.29) is 21.7 Å². The SMILES string of the molecule is CC(C)(C)c1cc2c(O)c(c1)Cc1cc(C(C)(C)C)cc(c1OCCCCCC[Se]c1ccccc1)Cc1cc(C(C)(C)C)cc(c1O)Cc1cc(C(C)(C)C)cc(c1OCCCCCC[Se]c1ccccc1)C2. The van der Waals surface area contributed by atoms with E-state index >= 15 is 0 Å². The Balaban J connectivity index is 1.30. The van der Waals surface area contributed by atoms with Crippen molar-refractivity contribution < 1.29 is 19.7 Å². The van der Waals surface area contributed by atoms with Gasteiger partial charge in [-0.05, 0) is 22.0 Å². The van der Waals surface area contributed by atoms with Gasteiger partial charge in [-0.1, -0.05) is 83.1 Å². The standard InChI is InChI=1S/C68H88O4Se2/c1-65(2,3)55-39-47-35-51-43-57(67(7,8)9)45-53(63(51)71-31-23-13-15-25-33-73-59-27-19-17-20-28-59)37-49-41-56(66(4,5)6)42-50(62(49)70)38-54-46-58(68(10,11)12)44-52(36-48(40-55)61(47)69)64(54)72-32-24-14-16-26-34-74-60-29-21-18-22-30-60/h17-22,27-30,39-46,69-70H,13-16,23-26,31-38H2,1-12H3. The molecule has 0 aromatic heterocycles. The van der Waals surface area contributed by atoms with Crippen molar-refractivity contribution >= 4 is 38.8 Å². The fourth-order valence-electron chi connectivity index (χ4n) is 9.89. The number of fused-ring (bicyclic) bond motifs is 8. The quantitative estimate of drug-likeness (QED) is 0.0664. The first-order valence-corrected chi connectivity index (χ1v) is 31.8. The van der Waals surface area contributed by atoms with Crippen molar-refractivity contribution in [3.8, 4) is 23.0 Å². The molecule has 7 rings (SSSR count). The Morgan fingerprint density at radius 1 is 0.351 bits per heavy atom. The number of aromatic hydroxyl groups is 2. The molecular weight excluding hydrogens is 1040 g/mol. The molecular formula is C68H88O4Se2. The molecule has 6 aromatic carbocycles. The number of hydrogen-bond acceptors (Lipinski definition) is 4. The van der Waals surface area contributed by atoms with Crippen LogP contribution in [0.15, 0.2) is 109 Å². The molecule has 0 heterocycles. The van der Waals surface area contributed by atoms with E-state index in [1.165, 1.54) is 67.5 Å². The molecule has 396 valence electrons. The Labute approximate surface area is 460 Å². The molecule has 1 aliphatic rings. The number of ether oxygens (including phenoxy) is 2. The van der Waals surface area contributed by atoms with Gasteiger partial charge in [0, 0.05) is 0 Å². The summed E-state index contributed by atoms with van der Waals surface area (Å²) in [6.07, 6.45) is 11.1. The zero-order chi connectivity index (χ0) is 53.3. The summed E-state index contributed by atoms with van der Waals surface area (Å²) in [5.74, 6) is 2.46. The van der Waals surface area contributed by atoms with Crippen molar-refractivity contribution in [1.29, 1.82) is 0 Å². The number of benzene rings is 6. The fourth-order valence-corrected chi connectivity index (χ4v) is 13.8. The van der Waals surface area contributed by atoms with Gasteiger partial charge in [0.25, 0.3) is 0 Å². The first-order chi connectivity index (χ1) is 35.0. The van der Waals surface area contributed by atoms with Gasteiger partial charge in [0.05, 0.1) is 0 Å². The van der Waals surface area contributed by atoms with Crippen molar-refractivity contribution in [2.45, 2.75) is 192 Å². The Bertz CT molecular complexity index is 2490. The molecule has 1 aliphatic carbocycles. The molecule has 74 heavy (non-hydrogen) atoms. The van der Waals surface area contributed by atoms with Gasteiger partial charge >= 0.3 is 348 Å². The second-order valence-corrected chi connectivity index (χ2v) is 30.0. The van der Waals surface area contributed by atoms with Crippen LogP contribution in [0.4, 0.5) is 0 Å². The zero-order valence-corrected chi connectivity index (χ0v) is 50.7. The molecule has 0 fully saturated rings. The number of rotatable bonds is 18. The van der Waals surface area contributed by atoms with Crippen molar-refractivity contribution in [3.63, 3.8) is 0 Å². The van der Waals surface area contributed by atoms with Crippen LogP contribution >= 0.6 is 0 Å². The molecule has 0 amide bonds. The van der Waals surface area contributed by atoms with Gasteiger partial charge in [0.15, 0.2) is 0 Å². The summed E-state index contributed by atoms with van der Waals surface area (Å²) in [4.78, 5) is 0. The summed E-state index contributed by atoms with van der Waals surface area (Å²) >= 11 is 1.02. The van der Waals surface area contributed by atoms with Crippen LogP contribution in [0.5, 0.6) is 23.0 Å². The molecule has 6 aromatic rings. The van der Waals surface area contributed by atoms with Crippen molar-refractivity contribution in [2.24, 2.45) is 0 Å². The molecule has 0 atom stereocenters. The molecule has 0 saturated carbocycles. The van der Waals surface area contributed by atoms with Gasteiger partial charge in [-0.15, -0.1) is 0 Å². The molecule has 0 spiro atoms. The van der Waals surface area contributed by atoms with Crippen LogP contribution in [0, 0.1) is 0 Å². The molecule has 0 saturated heterocycles. The van der Waals surface area contributed by atoms with Crippen LogP contribution in [-0.2, 0) is 47.3 Å². The van der Waals surface area contributed by atoms with E-state index < -0.39 is 0 Å². The van der Waals surface area contributed by atoms with Crippen LogP contribution < -0.4 is 18.4 Å². The summed E-state index contributed by atoms with van der Waals surface area (Å²) in [5.41, 5.74) is 12.1. The van der Waals surface area contributed by atoms with Crippen molar-refractivity contribution in [2.75, 3.05) is 13.2 Å². The Hall–Kier alpha value is -4.44. The molecule has 4 nitrogen and oxygen atoms in total. The van der Waals surface area contributed by atoms with Gasteiger partial charge < -0.3 is 10.2 Å². The predicted octanol–water partition coefficient (Wildman–Crippen LogP) is 15.7. The summed E-state index contributed by atoms with van der Waals surface area (Å²) in [7, 11) is 0. The van der Waals surface area contributed by atoms with E-state index in [1.807, 2.05) is 0 Å². The maximum absolute atomic E-state index is 12.8. The minimum atomic E-state index is -0.164. The summed E-state index contributed by atoms with van der Waals surface area (Å²) in [6, 6.07) is 40.1. The summed E-state index contributed by atoms with van der Waals surface area (Å²) < 4.78 is 17.1. The van der Waals surface area contributed by atoms with E-state index in [2.05, 4.69) is 192 Å². The Kier molecular flexibility index (Phi) is 19.5. The maximum atomic E-state index is 12.8. The van der Waals surface area contributed by atoms with Gasteiger partial charge in [-0.25, -0.2) is 0 Å². The van der Waals surface area contributed by atoms with E-state index in [0.29, 0.717) is 80.3 Å². The van der Waals surface area contributed by atoms with Crippen molar-refractivity contribution in [3.05, 3.63) is 176 Å². The van der Waals surface area contributed by atoms with Crippen LogP contribution in [0.2, 0.25) is 10.6 Å². The number of phenols is 2. The number of phenolic OH excluding ortho intramolecular Hbond substituents is 2. The molecule has 0 aliphatic heterocycles. The van der Waals surface area contributed by atoms with Gasteiger partial charge in [-0.3, -0.25) is 0 Å². The van der Waals surface area contributed by atoms with Gasteiger partial charge in [-0.2, -0.15) is 0 Å². The third-order valence-electron chi connectivity index (χ3n) is 14.6. The molecule has 0 unspecified atom stereocenters. The number of unbranched alkanes of at least 4 members (excludes halogenated alkanes) is 6. The second-order valence-electron chi connectivity index (χ2n) is 25.1. The Morgan fingerprint density at radius 2 is 0.608 bits per heavy atom. The summed E-state index contributed by atoms with van der Waals surface area (Å²) in [5, 5.41) is 28.0. The molecule has 6 heteroatoms. The van der Waals surface area contributed by atoms with Crippen LogP contribution in [0.1, 0.15) is 201 Å². The first-order valence-electron chi connectivity index (χ1n) is 27.7. The Morgan fingerprint density at radius 3 is 0.878 bits per heavy atom. The third-order valence-corrected chi connectivity index (χ3v) is 19.2.